The maximum atomic E-state index is 13.8. The summed E-state index contributed by atoms with van der Waals surface area (Å²) in [5.41, 5.74) is 7.70. The minimum atomic E-state index is -0.219. The molecular weight excluding hydrogens is 255 g/mol. The fraction of sp³-hybridized carbons (Fsp3) is 0.250. The van der Waals surface area contributed by atoms with Crippen molar-refractivity contribution in [3.63, 3.8) is 0 Å². The molecule has 20 heavy (non-hydrogen) atoms. The fourth-order valence-electron chi connectivity index (χ4n) is 2.19. The van der Waals surface area contributed by atoms with Crippen molar-refractivity contribution in [3.05, 3.63) is 59.4 Å². The maximum absolute atomic E-state index is 13.8. The highest BCUT2D eigenvalue weighted by atomic mass is 19.1. The van der Waals surface area contributed by atoms with Gasteiger partial charge in [0, 0.05) is 29.4 Å². The van der Waals surface area contributed by atoms with Crippen LogP contribution in [0.25, 0.3) is 0 Å². The smallest absolute Gasteiger partial charge is 0.127 e. The number of phenols is 1. The van der Waals surface area contributed by atoms with Crippen molar-refractivity contribution in [2.75, 3.05) is 12.8 Å². The maximum Gasteiger partial charge on any atom is 0.127 e. The first-order valence-electron chi connectivity index (χ1n) is 6.51. The highest BCUT2D eigenvalue weighted by Gasteiger charge is 2.16. The van der Waals surface area contributed by atoms with E-state index in [-0.39, 0.29) is 17.6 Å². The first kappa shape index (κ1) is 14.3. The summed E-state index contributed by atoms with van der Waals surface area (Å²) in [6.07, 6.45) is 0. The Morgan fingerprint density at radius 3 is 2.65 bits per heavy atom. The van der Waals surface area contributed by atoms with Gasteiger partial charge in [-0.1, -0.05) is 18.2 Å². The van der Waals surface area contributed by atoms with E-state index in [4.69, 9.17) is 5.73 Å². The van der Waals surface area contributed by atoms with Crippen LogP contribution in [0.15, 0.2) is 42.5 Å². The van der Waals surface area contributed by atoms with Gasteiger partial charge in [-0.15, -0.1) is 0 Å². The molecule has 0 saturated carbocycles. The number of anilines is 1. The van der Waals surface area contributed by atoms with Gasteiger partial charge in [-0.05, 0) is 38.2 Å². The van der Waals surface area contributed by atoms with Crippen LogP contribution < -0.4 is 5.73 Å². The van der Waals surface area contributed by atoms with Crippen molar-refractivity contribution in [2.24, 2.45) is 0 Å². The third-order valence-corrected chi connectivity index (χ3v) is 3.54. The van der Waals surface area contributed by atoms with Gasteiger partial charge in [0.1, 0.15) is 11.6 Å². The van der Waals surface area contributed by atoms with Gasteiger partial charge in [0.05, 0.1) is 0 Å². The molecule has 2 aromatic rings. The number of phenolic OH excluding ortho intramolecular Hbond substituents is 1. The molecule has 0 aliphatic carbocycles. The van der Waals surface area contributed by atoms with E-state index in [0.29, 0.717) is 17.8 Å². The van der Waals surface area contributed by atoms with Crippen molar-refractivity contribution in [2.45, 2.75) is 19.5 Å². The number of nitrogens with two attached hydrogens (primary N) is 1. The quantitative estimate of drug-likeness (QED) is 0.664. The van der Waals surface area contributed by atoms with Gasteiger partial charge < -0.3 is 10.8 Å². The van der Waals surface area contributed by atoms with Crippen LogP contribution in [0.4, 0.5) is 10.1 Å². The molecule has 3 N–H and O–H groups in total. The van der Waals surface area contributed by atoms with Gasteiger partial charge in [0.15, 0.2) is 0 Å². The zero-order chi connectivity index (χ0) is 14.7. The standard InChI is InChI=1S/C16H19FN2O/c1-11(14-5-3-4-6-15(14)17)19(2)10-12-9-13(18)7-8-16(12)20/h3-9,11,20H,10,18H2,1-2H3. The zero-order valence-electron chi connectivity index (χ0n) is 11.7. The normalized spacial score (nSPS) is 12.6. The molecule has 0 spiro atoms. The van der Waals surface area contributed by atoms with E-state index in [1.807, 2.05) is 24.9 Å². The monoisotopic (exact) mass is 274 g/mol. The van der Waals surface area contributed by atoms with Crippen LogP contribution in [0.3, 0.4) is 0 Å². The van der Waals surface area contributed by atoms with E-state index in [9.17, 15) is 9.50 Å². The average Bonchev–Trinajstić information content (AvgIpc) is 2.42. The van der Waals surface area contributed by atoms with Gasteiger partial charge in [-0.25, -0.2) is 4.39 Å². The van der Waals surface area contributed by atoms with Gasteiger partial charge >= 0.3 is 0 Å². The molecule has 1 atom stereocenters. The summed E-state index contributed by atoms with van der Waals surface area (Å²) in [5, 5.41) is 9.83. The third-order valence-electron chi connectivity index (χ3n) is 3.54. The number of nitrogen functional groups attached to an aromatic ring is 1. The molecule has 1 unspecified atom stereocenters. The second-order valence-corrected chi connectivity index (χ2v) is 5.00. The predicted molar refractivity (Wildman–Crippen MR) is 78.8 cm³/mol. The molecule has 2 rings (SSSR count). The fourth-order valence-corrected chi connectivity index (χ4v) is 2.19. The predicted octanol–water partition coefficient (Wildman–Crippen LogP) is 3.31. The number of rotatable bonds is 4. The van der Waals surface area contributed by atoms with Gasteiger partial charge in [0.2, 0.25) is 0 Å². The van der Waals surface area contributed by atoms with Gasteiger partial charge in [0.25, 0.3) is 0 Å². The number of hydrogen-bond acceptors (Lipinski definition) is 3. The number of aromatic hydroxyl groups is 1. The lowest BCUT2D eigenvalue weighted by Gasteiger charge is -2.25. The first-order valence-corrected chi connectivity index (χ1v) is 6.51. The second kappa shape index (κ2) is 5.92. The molecule has 0 saturated heterocycles. The molecule has 2 aromatic carbocycles. The van der Waals surface area contributed by atoms with E-state index >= 15 is 0 Å². The molecule has 0 amide bonds. The van der Waals surface area contributed by atoms with Crippen LogP contribution >= 0.6 is 0 Å². The Hall–Kier alpha value is -2.07. The number of hydrogen-bond donors (Lipinski definition) is 2. The summed E-state index contributed by atoms with van der Waals surface area (Å²) >= 11 is 0. The van der Waals surface area contributed by atoms with Crippen molar-refractivity contribution >= 4 is 5.69 Å². The number of halogens is 1. The highest BCUT2D eigenvalue weighted by molar-refractivity contribution is 5.47. The van der Waals surface area contributed by atoms with Crippen LogP contribution in [-0.4, -0.2) is 17.1 Å². The molecule has 4 heteroatoms. The van der Waals surface area contributed by atoms with Crippen LogP contribution in [0, 0.1) is 5.82 Å². The second-order valence-electron chi connectivity index (χ2n) is 5.00. The lowest BCUT2D eigenvalue weighted by Crippen LogP contribution is -2.22. The Morgan fingerprint density at radius 2 is 1.95 bits per heavy atom. The Bertz CT molecular complexity index is 601. The molecule has 0 bridgehead atoms. The van der Waals surface area contributed by atoms with Crippen molar-refractivity contribution in [3.8, 4) is 5.75 Å². The summed E-state index contributed by atoms with van der Waals surface area (Å²) in [6.45, 7) is 2.42. The van der Waals surface area contributed by atoms with Gasteiger partial charge in [-0.3, -0.25) is 4.90 Å². The summed E-state index contributed by atoms with van der Waals surface area (Å²) in [7, 11) is 1.89. The van der Waals surface area contributed by atoms with Crippen molar-refractivity contribution in [1.29, 1.82) is 0 Å². The molecule has 106 valence electrons. The molecule has 0 radical (unpaired) electrons. The van der Waals surface area contributed by atoms with Gasteiger partial charge in [-0.2, -0.15) is 0 Å². The molecule has 0 aromatic heterocycles. The van der Waals surface area contributed by atoms with Crippen molar-refractivity contribution in [1.82, 2.24) is 4.90 Å². The third kappa shape index (κ3) is 3.08. The summed E-state index contributed by atoms with van der Waals surface area (Å²) < 4.78 is 13.8. The minimum absolute atomic E-state index is 0.1000. The van der Waals surface area contributed by atoms with Crippen LogP contribution in [-0.2, 0) is 6.54 Å². The summed E-state index contributed by atoms with van der Waals surface area (Å²) in [4.78, 5) is 1.97. The van der Waals surface area contributed by atoms with Crippen LogP contribution in [0.5, 0.6) is 5.75 Å². The molecule has 0 aliphatic heterocycles. The Labute approximate surface area is 118 Å². The van der Waals surface area contributed by atoms with E-state index in [0.717, 1.165) is 5.56 Å². The van der Waals surface area contributed by atoms with Crippen molar-refractivity contribution < 1.29 is 9.50 Å². The largest absolute Gasteiger partial charge is 0.508 e. The van der Waals surface area contributed by atoms with E-state index < -0.39 is 0 Å². The summed E-state index contributed by atoms with van der Waals surface area (Å²) in [6, 6.07) is 11.6. The summed E-state index contributed by atoms with van der Waals surface area (Å²) in [5.74, 6) is -0.0181. The lowest BCUT2D eigenvalue weighted by atomic mass is 10.1. The molecule has 0 fully saturated rings. The van der Waals surface area contributed by atoms with Crippen LogP contribution in [0.2, 0.25) is 0 Å². The van der Waals surface area contributed by atoms with E-state index in [1.165, 1.54) is 6.07 Å². The Morgan fingerprint density at radius 1 is 1.25 bits per heavy atom. The first-order chi connectivity index (χ1) is 9.49. The topological polar surface area (TPSA) is 49.5 Å². The molecule has 0 heterocycles. The SMILES string of the molecule is CC(c1ccccc1F)N(C)Cc1cc(N)ccc1O. The highest BCUT2D eigenvalue weighted by Crippen LogP contribution is 2.26. The average molecular weight is 274 g/mol. The van der Waals surface area contributed by atoms with Crippen LogP contribution in [0.1, 0.15) is 24.1 Å². The molecule has 3 nitrogen and oxygen atoms in total. The van der Waals surface area contributed by atoms with E-state index in [1.54, 1.807) is 30.3 Å². The molecular formula is C16H19FN2O. The number of benzene rings is 2. The lowest BCUT2D eigenvalue weighted by molar-refractivity contribution is 0.245. The van der Waals surface area contributed by atoms with E-state index in [2.05, 4.69) is 0 Å². The molecule has 0 aliphatic rings. The Kier molecular flexibility index (Phi) is 4.25. The Balaban J connectivity index is 2.17. The number of nitrogens with zero attached hydrogens (tertiary/aromatic N) is 1. The minimum Gasteiger partial charge on any atom is -0.508 e. The zero-order valence-corrected chi connectivity index (χ0v) is 11.7.